The normalized spacial score (nSPS) is 28.3. The monoisotopic (exact) mass is 247 g/mol. The summed E-state index contributed by atoms with van der Waals surface area (Å²) in [4.78, 5) is 5.22. The second-order valence-electron chi connectivity index (χ2n) is 5.91. The quantitative estimate of drug-likeness (QED) is 0.799. The van der Waals surface area contributed by atoms with Crippen LogP contribution in [0.25, 0.3) is 0 Å². The minimum atomic E-state index is -0.0448. The molecule has 0 aromatic heterocycles. The molecule has 2 aliphatic heterocycles. The molecule has 2 N–H and O–H groups in total. The first-order valence-electron chi connectivity index (χ1n) is 6.30. The Morgan fingerprint density at radius 2 is 1.94 bits per heavy atom. The number of hydrogen-bond donors (Lipinski definition) is 1. The first kappa shape index (κ1) is 14.2. The maximum atomic E-state index is 6.08. The number of hydrogen-bond acceptors (Lipinski definition) is 3. The van der Waals surface area contributed by atoms with E-state index >= 15 is 0 Å². The number of rotatable bonds is 2. The summed E-state index contributed by atoms with van der Waals surface area (Å²) in [5.41, 5.74) is 6.03. The van der Waals surface area contributed by atoms with Crippen LogP contribution in [-0.4, -0.2) is 54.1 Å². The zero-order chi connectivity index (χ0) is 10.9. The van der Waals surface area contributed by atoms with Gasteiger partial charge in [-0.05, 0) is 33.2 Å². The largest absolute Gasteiger partial charge is 0.324 e. The number of fused-ring (bicyclic) bond motifs is 1. The molecule has 16 heavy (non-hydrogen) atoms. The van der Waals surface area contributed by atoms with Crippen LogP contribution in [0.15, 0.2) is 0 Å². The van der Waals surface area contributed by atoms with Gasteiger partial charge in [0, 0.05) is 37.8 Å². The highest BCUT2D eigenvalue weighted by molar-refractivity contribution is 5.85. The third-order valence-electron chi connectivity index (χ3n) is 3.55. The fourth-order valence-corrected chi connectivity index (χ4v) is 2.94. The zero-order valence-corrected chi connectivity index (χ0v) is 11.4. The molecule has 2 saturated heterocycles. The molecular formula is C12H26ClN3. The van der Waals surface area contributed by atoms with E-state index in [-0.39, 0.29) is 17.9 Å². The average Bonchev–Trinajstić information content (AvgIpc) is 2.15. The van der Waals surface area contributed by atoms with Gasteiger partial charge in [0.1, 0.15) is 0 Å². The van der Waals surface area contributed by atoms with E-state index in [2.05, 4.69) is 23.6 Å². The first-order chi connectivity index (χ1) is 7.04. The summed E-state index contributed by atoms with van der Waals surface area (Å²) in [5.74, 6) is 0. The molecule has 0 spiro atoms. The maximum absolute atomic E-state index is 6.08. The van der Waals surface area contributed by atoms with Crippen LogP contribution in [0.4, 0.5) is 0 Å². The van der Waals surface area contributed by atoms with Gasteiger partial charge in [0.2, 0.25) is 0 Å². The van der Waals surface area contributed by atoms with Gasteiger partial charge in [-0.3, -0.25) is 9.80 Å². The van der Waals surface area contributed by atoms with Gasteiger partial charge >= 0.3 is 0 Å². The van der Waals surface area contributed by atoms with Crippen LogP contribution in [0.2, 0.25) is 0 Å². The molecule has 96 valence electrons. The van der Waals surface area contributed by atoms with Crippen LogP contribution in [0, 0.1) is 0 Å². The van der Waals surface area contributed by atoms with Gasteiger partial charge in [0.15, 0.2) is 0 Å². The lowest BCUT2D eigenvalue weighted by Gasteiger charge is -2.45. The predicted octanol–water partition coefficient (Wildman–Crippen LogP) is 1.32. The van der Waals surface area contributed by atoms with E-state index in [1.807, 2.05) is 0 Å². The van der Waals surface area contributed by atoms with E-state index < -0.39 is 0 Å². The van der Waals surface area contributed by atoms with Gasteiger partial charge in [0.25, 0.3) is 0 Å². The lowest BCUT2D eigenvalue weighted by molar-refractivity contribution is 0.0413. The van der Waals surface area contributed by atoms with Crippen molar-refractivity contribution in [2.75, 3.05) is 32.7 Å². The van der Waals surface area contributed by atoms with Gasteiger partial charge in [-0.15, -0.1) is 12.4 Å². The predicted molar refractivity (Wildman–Crippen MR) is 71.2 cm³/mol. The van der Waals surface area contributed by atoms with Crippen molar-refractivity contribution in [2.45, 2.75) is 44.7 Å². The molecular weight excluding hydrogens is 222 g/mol. The third kappa shape index (κ3) is 3.88. The third-order valence-corrected chi connectivity index (χ3v) is 3.55. The molecule has 0 aliphatic carbocycles. The smallest absolute Gasteiger partial charge is 0.0226 e. The Labute approximate surface area is 106 Å². The Bertz CT molecular complexity index is 215. The van der Waals surface area contributed by atoms with Crippen LogP contribution >= 0.6 is 12.4 Å². The molecule has 0 radical (unpaired) electrons. The van der Waals surface area contributed by atoms with Crippen molar-refractivity contribution in [1.29, 1.82) is 0 Å². The second kappa shape index (κ2) is 5.67. The molecule has 2 aliphatic rings. The van der Waals surface area contributed by atoms with Crippen molar-refractivity contribution < 1.29 is 0 Å². The molecule has 1 atom stereocenters. The summed E-state index contributed by atoms with van der Waals surface area (Å²) >= 11 is 0. The number of halogens is 1. The standard InChI is InChI=1S/C12H25N3.ClH/c1-12(2,13)10-14-7-8-15-6-4-3-5-11(15)9-14;/h11H,3-10,13H2,1-2H3;1H. The molecule has 1 unspecified atom stereocenters. The number of nitrogens with zero attached hydrogens (tertiary/aromatic N) is 2. The Balaban J connectivity index is 0.00000128. The Kier molecular flexibility index (Phi) is 5.05. The molecule has 0 aromatic rings. The Hall–Kier alpha value is 0.170. The van der Waals surface area contributed by atoms with E-state index in [1.54, 1.807) is 0 Å². The molecule has 0 amide bonds. The molecule has 4 heteroatoms. The molecule has 0 saturated carbocycles. The number of nitrogens with two attached hydrogens (primary N) is 1. The average molecular weight is 248 g/mol. The molecule has 0 aromatic carbocycles. The van der Waals surface area contributed by atoms with Gasteiger partial charge in [-0.2, -0.15) is 0 Å². The Morgan fingerprint density at radius 3 is 2.62 bits per heavy atom. The van der Waals surface area contributed by atoms with Crippen molar-refractivity contribution >= 4 is 12.4 Å². The topological polar surface area (TPSA) is 32.5 Å². The highest BCUT2D eigenvalue weighted by Crippen LogP contribution is 2.21. The molecule has 3 nitrogen and oxygen atoms in total. The summed E-state index contributed by atoms with van der Waals surface area (Å²) in [7, 11) is 0. The summed E-state index contributed by atoms with van der Waals surface area (Å²) in [6.45, 7) is 10.3. The van der Waals surface area contributed by atoms with E-state index in [1.165, 1.54) is 45.4 Å². The minimum absolute atomic E-state index is 0. The van der Waals surface area contributed by atoms with Crippen LogP contribution in [-0.2, 0) is 0 Å². The molecule has 2 fully saturated rings. The van der Waals surface area contributed by atoms with Gasteiger partial charge in [-0.1, -0.05) is 6.42 Å². The molecule has 2 rings (SSSR count). The summed E-state index contributed by atoms with van der Waals surface area (Å²) < 4.78 is 0. The lowest BCUT2D eigenvalue weighted by Crippen LogP contribution is -2.58. The van der Waals surface area contributed by atoms with Crippen molar-refractivity contribution in [1.82, 2.24) is 9.80 Å². The highest BCUT2D eigenvalue weighted by Gasteiger charge is 2.30. The van der Waals surface area contributed by atoms with Gasteiger partial charge in [-0.25, -0.2) is 0 Å². The zero-order valence-electron chi connectivity index (χ0n) is 10.6. The number of piperazine rings is 1. The Morgan fingerprint density at radius 1 is 1.19 bits per heavy atom. The van der Waals surface area contributed by atoms with Gasteiger partial charge < -0.3 is 5.73 Å². The summed E-state index contributed by atoms with van der Waals surface area (Å²) in [5, 5.41) is 0. The minimum Gasteiger partial charge on any atom is -0.324 e. The van der Waals surface area contributed by atoms with Crippen molar-refractivity contribution in [3.63, 3.8) is 0 Å². The van der Waals surface area contributed by atoms with Crippen LogP contribution < -0.4 is 5.73 Å². The SMILES string of the molecule is CC(C)(N)CN1CCN2CCCCC2C1.Cl. The van der Waals surface area contributed by atoms with E-state index in [0.717, 1.165) is 12.6 Å². The van der Waals surface area contributed by atoms with Crippen LogP contribution in [0.1, 0.15) is 33.1 Å². The molecule has 2 heterocycles. The van der Waals surface area contributed by atoms with E-state index in [4.69, 9.17) is 5.73 Å². The fourth-order valence-electron chi connectivity index (χ4n) is 2.94. The molecule has 0 bridgehead atoms. The van der Waals surface area contributed by atoms with Crippen LogP contribution in [0.3, 0.4) is 0 Å². The van der Waals surface area contributed by atoms with Crippen LogP contribution in [0.5, 0.6) is 0 Å². The van der Waals surface area contributed by atoms with Crippen molar-refractivity contribution in [3.05, 3.63) is 0 Å². The first-order valence-corrected chi connectivity index (χ1v) is 6.30. The fraction of sp³-hybridized carbons (Fsp3) is 1.00. The van der Waals surface area contributed by atoms with E-state index in [9.17, 15) is 0 Å². The van der Waals surface area contributed by atoms with E-state index in [0.29, 0.717) is 0 Å². The van der Waals surface area contributed by atoms with Gasteiger partial charge in [0.05, 0.1) is 0 Å². The van der Waals surface area contributed by atoms with Crippen molar-refractivity contribution in [2.24, 2.45) is 5.73 Å². The van der Waals surface area contributed by atoms with Crippen molar-refractivity contribution in [3.8, 4) is 0 Å². The lowest BCUT2D eigenvalue weighted by atomic mass is 9.98. The summed E-state index contributed by atoms with van der Waals surface area (Å²) in [6.07, 6.45) is 4.21. The summed E-state index contributed by atoms with van der Waals surface area (Å²) in [6, 6.07) is 0.815. The highest BCUT2D eigenvalue weighted by atomic mass is 35.5. The second-order valence-corrected chi connectivity index (χ2v) is 5.91. The maximum Gasteiger partial charge on any atom is 0.0226 e. The number of piperidine rings is 1.